The first-order valence-corrected chi connectivity index (χ1v) is 1.92. The van der Waals surface area contributed by atoms with Gasteiger partial charge >= 0.3 is 0 Å². The third-order valence-corrected chi connectivity index (χ3v) is 0.401. The lowest BCUT2D eigenvalue weighted by atomic mass is 10.5. The molecule has 2 heteroatoms. The van der Waals surface area contributed by atoms with Crippen LogP contribution in [-0.2, 0) is 9.84 Å². The van der Waals surface area contributed by atoms with Gasteiger partial charge < -0.3 is 4.74 Å². The van der Waals surface area contributed by atoms with Crippen molar-refractivity contribution in [1.82, 2.24) is 0 Å². The van der Waals surface area contributed by atoms with Crippen molar-refractivity contribution in [2.24, 2.45) is 0 Å². The number of hydrogen-bond donors (Lipinski definition) is 0. The fourth-order valence-electron chi connectivity index (χ4n) is 0.235. The van der Waals surface area contributed by atoms with E-state index in [4.69, 9.17) is 0 Å². The number of rotatable bonds is 2. The monoisotopic (exact) mass is 89.1 g/mol. The summed E-state index contributed by atoms with van der Waals surface area (Å²) >= 11 is 0. The molecule has 0 N–H and O–H groups in total. The smallest absolute Gasteiger partial charge is 0.113 e. The molecule has 0 saturated carbocycles. The standard InChI is InChI=1S/C4H9O2/c1-4(5)3-6-2/h4H,3H2,1-2H3/t4-/m0/s1. The van der Waals surface area contributed by atoms with Gasteiger partial charge in [-0.1, -0.05) is 0 Å². The first-order valence-electron chi connectivity index (χ1n) is 1.92. The maximum atomic E-state index is 10.0. The Labute approximate surface area is 37.7 Å². The Kier molecular flexibility index (Phi) is 3.08. The van der Waals surface area contributed by atoms with Crippen LogP contribution in [0, 0.1) is 0 Å². The Morgan fingerprint density at radius 1 is 1.83 bits per heavy atom. The average Bonchev–Trinajstić information content (AvgIpc) is 1.35. The van der Waals surface area contributed by atoms with Crippen LogP contribution >= 0.6 is 0 Å². The summed E-state index contributed by atoms with van der Waals surface area (Å²) < 4.78 is 4.49. The van der Waals surface area contributed by atoms with E-state index in [-0.39, 0.29) is 0 Å². The highest BCUT2D eigenvalue weighted by atomic mass is 16.5. The van der Waals surface area contributed by atoms with Crippen LogP contribution in [-0.4, -0.2) is 19.8 Å². The predicted octanol–water partition coefficient (Wildman–Crippen LogP) is 0.452. The highest BCUT2D eigenvalue weighted by molar-refractivity contribution is 4.36. The summed E-state index contributed by atoms with van der Waals surface area (Å²) in [6.45, 7) is 1.89. The van der Waals surface area contributed by atoms with Gasteiger partial charge in [0.25, 0.3) is 0 Å². The van der Waals surface area contributed by atoms with Crippen LogP contribution < -0.4 is 0 Å². The summed E-state index contributed by atoms with van der Waals surface area (Å²) in [6.07, 6.45) is -0.574. The minimum absolute atomic E-state index is 0.319. The van der Waals surface area contributed by atoms with Gasteiger partial charge in [-0.15, -0.1) is 0 Å². The van der Waals surface area contributed by atoms with Crippen molar-refractivity contribution in [3.63, 3.8) is 0 Å². The molecular weight excluding hydrogens is 80.0 g/mol. The van der Waals surface area contributed by atoms with Crippen molar-refractivity contribution in [2.75, 3.05) is 13.7 Å². The molecule has 1 atom stereocenters. The van der Waals surface area contributed by atoms with Gasteiger partial charge in [-0.2, -0.15) is 0 Å². The summed E-state index contributed by atoms with van der Waals surface area (Å²) in [4.78, 5) is 0. The zero-order chi connectivity index (χ0) is 4.99. The lowest BCUT2D eigenvalue weighted by Gasteiger charge is -1.94. The molecule has 0 aromatic carbocycles. The van der Waals surface area contributed by atoms with Gasteiger partial charge in [0, 0.05) is 7.11 Å². The van der Waals surface area contributed by atoms with Gasteiger partial charge in [0.2, 0.25) is 0 Å². The minimum Gasteiger partial charge on any atom is -0.382 e. The van der Waals surface area contributed by atoms with E-state index < -0.39 is 6.10 Å². The second-order valence-corrected chi connectivity index (χ2v) is 1.27. The van der Waals surface area contributed by atoms with Crippen molar-refractivity contribution in [2.45, 2.75) is 13.0 Å². The van der Waals surface area contributed by atoms with Gasteiger partial charge in [0.05, 0.1) is 6.61 Å². The van der Waals surface area contributed by atoms with Crippen molar-refractivity contribution in [3.8, 4) is 0 Å². The molecule has 0 bridgehead atoms. The highest BCUT2D eigenvalue weighted by Gasteiger charge is 1.90. The molecule has 0 unspecified atom stereocenters. The third-order valence-electron chi connectivity index (χ3n) is 0.401. The Bertz CT molecular complexity index is 26.7. The van der Waals surface area contributed by atoms with Crippen LogP contribution in [0.3, 0.4) is 0 Å². The van der Waals surface area contributed by atoms with Crippen LogP contribution in [0.1, 0.15) is 6.92 Å². The molecular formula is C4H9O2. The van der Waals surface area contributed by atoms with E-state index in [2.05, 4.69) is 4.74 Å². The van der Waals surface area contributed by atoms with Crippen LogP contribution in [0.2, 0.25) is 0 Å². The van der Waals surface area contributed by atoms with E-state index in [1.807, 2.05) is 0 Å². The van der Waals surface area contributed by atoms with Crippen LogP contribution in [0.15, 0.2) is 0 Å². The van der Waals surface area contributed by atoms with E-state index in [9.17, 15) is 5.11 Å². The van der Waals surface area contributed by atoms with Crippen LogP contribution in [0.25, 0.3) is 0 Å². The van der Waals surface area contributed by atoms with E-state index >= 15 is 0 Å². The molecule has 0 aliphatic carbocycles. The Morgan fingerprint density at radius 2 is 2.33 bits per heavy atom. The maximum Gasteiger partial charge on any atom is 0.113 e. The van der Waals surface area contributed by atoms with Gasteiger partial charge in [-0.05, 0) is 6.92 Å². The molecule has 37 valence electrons. The zero-order valence-electron chi connectivity index (χ0n) is 4.10. The van der Waals surface area contributed by atoms with Gasteiger partial charge in [-0.3, -0.25) is 0 Å². The maximum absolute atomic E-state index is 10.0. The highest BCUT2D eigenvalue weighted by Crippen LogP contribution is 1.77. The number of hydrogen-bond acceptors (Lipinski definition) is 1. The van der Waals surface area contributed by atoms with Crippen molar-refractivity contribution in [1.29, 1.82) is 0 Å². The summed E-state index contributed by atoms with van der Waals surface area (Å²) in [6, 6.07) is 0. The fourth-order valence-corrected chi connectivity index (χ4v) is 0.235. The first-order chi connectivity index (χ1) is 2.77. The lowest BCUT2D eigenvalue weighted by molar-refractivity contribution is 0.0280. The fraction of sp³-hybridized carbons (Fsp3) is 1.00. The van der Waals surface area contributed by atoms with Gasteiger partial charge in [-0.25, -0.2) is 5.11 Å². The summed E-state index contributed by atoms with van der Waals surface area (Å²) in [5, 5.41) is 10.0. The van der Waals surface area contributed by atoms with Crippen LogP contribution in [0.4, 0.5) is 0 Å². The summed E-state index contributed by atoms with van der Waals surface area (Å²) in [5.41, 5.74) is 0. The summed E-state index contributed by atoms with van der Waals surface area (Å²) in [5.74, 6) is 0. The quantitative estimate of drug-likeness (QED) is 0.483. The Morgan fingerprint density at radius 3 is 2.33 bits per heavy atom. The second kappa shape index (κ2) is 3.12. The Hall–Kier alpha value is -0.0800. The molecule has 0 aliphatic heterocycles. The molecule has 0 heterocycles. The topological polar surface area (TPSA) is 29.1 Å². The van der Waals surface area contributed by atoms with E-state index in [0.29, 0.717) is 6.61 Å². The lowest BCUT2D eigenvalue weighted by Crippen LogP contribution is -2.05. The molecule has 0 fully saturated rings. The summed E-state index contributed by atoms with van der Waals surface area (Å²) in [7, 11) is 1.52. The van der Waals surface area contributed by atoms with Crippen LogP contribution in [0.5, 0.6) is 0 Å². The Balaban J connectivity index is 2.63. The van der Waals surface area contributed by atoms with E-state index in [0.717, 1.165) is 0 Å². The molecule has 1 radical (unpaired) electrons. The minimum atomic E-state index is -0.574. The average molecular weight is 89.1 g/mol. The zero-order valence-corrected chi connectivity index (χ0v) is 4.10. The molecule has 0 saturated heterocycles. The molecule has 0 aliphatic rings. The van der Waals surface area contributed by atoms with E-state index in [1.54, 1.807) is 6.92 Å². The number of ether oxygens (including phenoxy) is 1. The van der Waals surface area contributed by atoms with Crippen molar-refractivity contribution < 1.29 is 9.84 Å². The first kappa shape index (κ1) is 5.92. The largest absolute Gasteiger partial charge is 0.382 e. The predicted molar refractivity (Wildman–Crippen MR) is 22.0 cm³/mol. The molecule has 0 amide bonds. The SMILES string of the molecule is COC[C@H](C)[O]. The second-order valence-electron chi connectivity index (χ2n) is 1.27. The van der Waals surface area contributed by atoms with Gasteiger partial charge in [0.1, 0.15) is 6.10 Å². The number of methoxy groups -OCH3 is 1. The van der Waals surface area contributed by atoms with Crippen molar-refractivity contribution in [3.05, 3.63) is 0 Å². The molecule has 6 heavy (non-hydrogen) atoms. The molecule has 2 nitrogen and oxygen atoms in total. The van der Waals surface area contributed by atoms with E-state index in [1.165, 1.54) is 7.11 Å². The molecule has 0 aromatic heterocycles. The third kappa shape index (κ3) is 3.92. The molecule has 0 aromatic rings. The molecule has 0 spiro atoms. The van der Waals surface area contributed by atoms with Crippen molar-refractivity contribution >= 4 is 0 Å². The molecule has 0 rings (SSSR count). The van der Waals surface area contributed by atoms with Gasteiger partial charge in [0.15, 0.2) is 0 Å². The normalized spacial score (nSPS) is 14.5.